The summed E-state index contributed by atoms with van der Waals surface area (Å²) < 4.78 is 0. The number of anilines is 2. The zero-order valence-electron chi connectivity index (χ0n) is 11.7. The van der Waals surface area contributed by atoms with Crippen molar-refractivity contribution in [3.05, 3.63) is 47.9 Å². The molecule has 1 heterocycles. The maximum Gasteiger partial charge on any atom is 0.151 e. The predicted molar refractivity (Wildman–Crippen MR) is 78.7 cm³/mol. The average Bonchev–Trinajstić information content (AvgIpc) is 2.45. The molecule has 1 aromatic carbocycles. The number of hydrogen-bond donors (Lipinski definition) is 1. The molecule has 2 aromatic rings. The van der Waals surface area contributed by atoms with Gasteiger partial charge in [-0.05, 0) is 25.1 Å². The molecule has 0 radical (unpaired) electrons. The molecule has 1 aromatic heterocycles. The Labute approximate surface area is 114 Å². The van der Waals surface area contributed by atoms with Crippen LogP contribution in [0.2, 0.25) is 0 Å². The van der Waals surface area contributed by atoms with Crippen molar-refractivity contribution < 1.29 is 0 Å². The minimum atomic E-state index is 0.749. The lowest BCUT2D eigenvalue weighted by atomic mass is 10.2. The number of benzene rings is 1. The van der Waals surface area contributed by atoms with Crippen LogP contribution in [0.5, 0.6) is 0 Å². The lowest BCUT2D eigenvalue weighted by Crippen LogP contribution is -2.17. The summed E-state index contributed by atoms with van der Waals surface area (Å²) in [5, 5.41) is 3.26. The van der Waals surface area contributed by atoms with Gasteiger partial charge in [0.15, 0.2) is 5.82 Å². The van der Waals surface area contributed by atoms with Gasteiger partial charge in [-0.3, -0.25) is 4.98 Å². The summed E-state index contributed by atoms with van der Waals surface area (Å²) in [6.45, 7) is 5.86. The standard InChI is InChI=1S/C15H20N4/c1-4-16-9-13-10-17-11-15(18-13)19(3)14-8-6-5-7-12(14)2/h5-8,10-11,16H,4,9H2,1-3H3. The van der Waals surface area contributed by atoms with E-state index in [2.05, 4.69) is 46.2 Å². The molecule has 0 aliphatic heterocycles. The molecule has 0 saturated heterocycles. The molecule has 0 fully saturated rings. The van der Waals surface area contributed by atoms with Crippen LogP contribution in [-0.4, -0.2) is 23.6 Å². The lowest BCUT2D eigenvalue weighted by Gasteiger charge is -2.20. The first-order valence-electron chi connectivity index (χ1n) is 6.53. The number of hydrogen-bond acceptors (Lipinski definition) is 4. The first-order valence-corrected chi connectivity index (χ1v) is 6.53. The Morgan fingerprint density at radius 1 is 1.21 bits per heavy atom. The Morgan fingerprint density at radius 3 is 2.74 bits per heavy atom. The lowest BCUT2D eigenvalue weighted by molar-refractivity contribution is 0.707. The van der Waals surface area contributed by atoms with Crippen LogP contribution in [0.1, 0.15) is 18.2 Å². The monoisotopic (exact) mass is 256 g/mol. The fraction of sp³-hybridized carbons (Fsp3) is 0.333. The molecule has 0 atom stereocenters. The van der Waals surface area contributed by atoms with E-state index in [0.717, 1.165) is 30.3 Å². The molecular formula is C15H20N4. The van der Waals surface area contributed by atoms with Gasteiger partial charge in [-0.25, -0.2) is 4.98 Å². The van der Waals surface area contributed by atoms with E-state index in [4.69, 9.17) is 0 Å². The average molecular weight is 256 g/mol. The Hall–Kier alpha value is -1.94. The molecule has 0 aliphatic carbocycles. The Morgan fingerprint density at radius 2 is 2.00 bits per heavy atom. The fourth-order valence-corrected chi connectivity index (χ4v) is 1.96. The molecule has 19 heavy (non-hydrogen) atoms. The minimum Gasteiger partial charge on any atom is -0.328 e. The van der Waals surface area contributed by atoms with E-state index in [1.54, 1.807) is 12.4 Å². The third kappa shape index (κ3) is 3.29. The molecule has 0 bridgehead atoms. The second kappa shape index (κ2) is 6.29. The summed E-state index contributed by atoms with van der Waals surface area (Å²) in [7, 11) is 2.02. The van der Waals surface area contributed by atoms with Gasteiger partial charge < -0.3 is 10.2 Å². The Balaban J connectivity index is 2.24. The number of rotatable bonds is 5. The van der Waals surface area contributed by atoms with Crippen molar-refractivity contribution in [1.29, 1.82) is 0 Å². The number of nitrogens with one attached hydrogen (secondary N) is 1. The Bertz CT molecular complexity index is 539. The normalized spacial score (nSPS) is 10.5. The van der Waals surface area contributed by atoms with Gasteiger partial charge in [0, 0.05) is 25.5 Å². The van der Waals surface area contributed by atoms with E-state index in [9.17, 15) is 0 Å². The van der Waals surface area contributed by atoms with Crippen molar-refractivity contribution in [3.63, 3.8) is 0 Å². The largest absolute Gasteiger partial charge is 0.328 e. The first kappa shape index (κ1) is 13.5. The second-order valence-corrected chi connectivity index (χ2v) is 4.49. The van der Waals surface area contributed by atoms with Gasteiger partial charge in [0.05, 0.1) is 11.9 Å². The molecule has 0 unspecified atom stereocenters. The van der Waals surface area contributed by atoms with Crippen LogP contribution in [0.25, 0.3) is 0 Å². The summed E-state index contributed by atoms with van der Waals surface area (Å²) in [6.07, 6.45) is 3.60. The van der Waals surface area contributed by atoms with E-state index in [1.165, 1.54) is 5.56 Å². The number of aromatic nitrogens is 2. The summed E-state index contributed by atoms with van der Waals surface area (Å²) >= 11 is 0. The number of aryl methyl sites for hydroxylation is 1. The summed E-state index contributed by atoms with van der Waals surface area (Å²) in [4.78, 5) is 11.0. The van der Waals surface area contributed by atoms with E-state index in [1.807, 2.05) is 19.2 Å². The highest BCUT2D eigenvalue weighted by molar-refractivity contribution is 5.62. The molecule has 0 saturated carbocycles. The van der Waals surface area contributed by atoms with Crippen LogP contribution < -0.4 is 10.2 Å². The smallest absolute Gasteiger partial charge is 0.151 e. The summed E-state index contributed by atoms with van der Waals surface area (Å²) in [5.41, 5.74) is 3.33. The van der Waals surface area contributed by atoms with E-state index in [-0.39, 0.29) is 0 Å². The highest BCUT2D eigenvalue weighted by atomic mass is 15.2. The van der Waals surface area contributed by atoms with Crippen LogP contribution in [0.15, 0.2) is 36.7 Å². The molecule has 1 N–H and O–H groups in total. The second-order valence-electron chi connectivity index (χ2n) is 4.49. The maximum atomic E-state index is 4.63. The molecule has 0 aliphatic rings. The highest BCUT2D eigenvalue weighted by Gasteiger charge is 2.08. The van der Waals surface area contributed by atoms with Crippen molar-refractivity contribution in [2.24, 2.45) is 0 Å². The van der Waals surface area contributed by atoms with Gasteiger partial charge in [-0.1, -0.05) is 25.1 Å². The summed E-state index contributed by atoms with van der Waals surface area (Å²) in [5.74, 6) is 0.865. The topological polar surface area (TPSA) is 41.1 Å². The molecule has 4 heteroatoms. The molecule has 0 amide bonds. The summed E-state index contributed by atoms with van der Waals surface area (Å²) in [6, 6.07) is 8.27. The van der Waals surface area contributed by atoms with Gasteiger partial charge >= 0.3 is 0 Å². The van der Waals surface area contributed by atoms with Gasteiger partial charge in [0.25, 0.3) is 0 Å². The molecule has 2 rings (SSSR count). The van der Waals surface area contributed by atoms with Gasteiger partial charge in [-0.2, -0.15) is 0 Å². The maximum absolute atomic E-state index is 4.63. The minimum absolute atomic E-state index is 0.749. The molecular weight excluding hydrogens is 236 g/mol. The van der Waals surface area contributed by atoms with Crippen molar-refractivity contribution in [2.75, 3.05) is 18.5 Å². The van der Waals surface area contributed by atoms with Crippen LogP contribution in [0, 0.1) is 6.92 Å². The van der Waals surface area contributed by atoms with Crippen molar-refractivity contribution in [3.8, 4) is 0 Å². The van der Waals surface area contributed by atoms with Crippen LogP contribution in [0.4, 0.5) is 11.5 Å². The molecule has 4 nitrogen and oxygen atoms in total. The fourth-order valence-electron chi connectivity index (χ4n) is 1.96. The third-order valence-corrected chi connectivity index (χ3v) is 3.05. The van der Waals surface area contributed by atoms with E-state index < -0.39 is 0 Å². The van der Waals surface area contributed by atoms with Crippen molar-refractivity contribution >= 4 is 11.5 Å². The van der Waals surface area contributed by atoms with Crippen LogP contribution in [0.3, 0.4) is 0 Å². The van der Waals surface area contributed by atoms with Crippen LogP contribution >= 0.6 is 0 Å². The van der Waals surface area contributed by atoms with Crippen molar-refractivity contribution in [2.45, 2.75) is 20.4 Å². The van der Waals surface area contributed by atoms with Gasteiger partial charge in [0.2, 0.25) is 0 Å². The zero-order valence-corrected chi connectivity index (χ0v) is 11.7. The number of para-hydroxylation sites is 1. The quantitative estimate of drug-likeness (QED) is 0.893. The SMILES string of the molecule is CCNCc1cncc(N(C)c2ccccc2C)n1. The van der Waals surface area contributed by atoms with E-state index >= 15 is 0 Å². The van der Waals surface area contributed by atoms with Gasteiger partial charge in [0.1, 0.15) is 0 Å². The highest BCUT2D eigenvalue weighted by Crippen LogP contribution is 2.24. The van der Waals surface area contributed by atoms with Crippen LogP contribution in [-0.2, 0) is 6.54 Å². The zero-order chi connectivity index (χ0) is 13.7. The van der Waals surface area contributed by atoms with Crippen molar-refractivity contribution in [1.82, 2.24) is 15.3 Å². The molecule has 100 valence electrons. The number of nitrogens with zero attached hydrogens (tertiary/aromatic N) is 3. The Kier molecular flexibility index (Phi) is 4.47. The van der Waals surface area contributed by atoms with E-state index in [0.29, 0.717) is 0 Å². The van der Waals surface area contributed by atoms with Gasteiger partial charge in [-0.15, -0.1) is 0 Å². The predicted octanol–water partition coefficient (Wildman–Crippen LogP) is 2.66. The third-order valence-electron chi connectivity index (χ3n) is 3.05. The first-order chi connectivity index (χ1) is 9.22. The molecule has 0 spiro atoms.